The third-order valence-electron chi connectivity index (χ3n) is 3.87. The summed E-state index contributed by atoms with van der Waals surface area (Å²) in [5.74, 6) is 0. The zero-order chi connectivity index (χ0) is 14.4. The molecular formula is C19H11ClO. The Labute approximate surface area is 126 Å². The van der Waals surface area contributed by atoms with Crippen molar-refractivity contribution in [3.05, 3.63) is 86.7 Å². The smallest absolute Gasteiger partial charge is 0.194 e. The van der Waals surface area contributed by atoms with Crippen LogP contribution < -0.4 is 10.6 Å². The summed E-state index contributed by atoms with van der Waals surface area (Å²) in [6, 6.07) is 19.4. The van der Waals surface area contributed by atoms with Crippen molar-refractivity contribution in [3.63, 3.8) is 0 Å². The minimum Gasteiger partial charge on any atom is -0.289 e. The van der Waals surface area contributed by atoms with Crippen LogP contribution in [0, 0.1) is 0 Å². The fourth-order valence-electron chi connectivity index (χ4n) is 2.89. The maximum atomic E-state index is 12.7. The molecule has 0 saturated carbocycles. The van der Waals surface area contributed by atoms with E-state index < -0.39 is 0 Å². The Bertz CT molecular complexity index is 1040. The molecule has 21 heavy (non-hydrogen) atoms. The summed E-state index contributed by atoms with van der Waals surface area (Å²) in [6.07, 6.45) is 1.94. The highest BCUT2D eigenvalue weighted by Crippen LogP contribution is 2.22. The predicted octanol–water partition coefficient (Wildman–Crippen LogP) is 3.99. The number of hydrogen-bond donors (Lipinski definition) is 0. The third-order valence-corrected chi connectivity index (χ3v) is 4.12. The van der Waals surface area contributed by atoms with Crippen LogP contribution >= 0.6 is 11.6 Å². The highest BCUT2D eigenvalue weighted by molar-refractivity contribution is 6.30. The van der Waals surface area contributed by atoms with Gasteiger partial charge in [-0.05, 0) is 34.5 Å². The molecule has 0 saturated heterocycles. The minimum atomic E-state index is 0.0942. The van der Waals surface area contributed by atoms with E-state index in [0.717, 1.165) is 32.3 Å². The van der Waals surface area contributed by atoms with Gasteiger partial charge in [-0.3, -0.25) is 4.79 Å². The zero-order valence-corrected chi connectivity index (χ0v) is 11.9. The molecule has 0 fully saturated rings. The molecule has 0 aromatic heterocycles. The van der Waals surface area contributed by atoms with Gasteiger partial charge in [0, 0.05) is 21.0 Å². The van der Waals surface area contributed by atoms with Gasteiger partial charge < -0.3 is 0 Å². The maximum Gasteiger partial charge on any atom is 0.194 e. The fraction of sp³-hybridized carbons (Fsp3) is 0. The molecule has 0 radical (unpaired) electrons. The van der Waals surface area contributed by atoms with Crippen molar-refractivity contribution < 1.29 is 0 Å². The minimum absolute atomic E-state index is 0.0942. The van der Waals surface area contributed by atoms with Crippen molar-refractivity contribution in [2.75, 3.05) is 0 Å². The second-order valence-corrected chi connectivity index (χ2v) is 5.58. The van der Waals surface area contributed by atoms with Gasteiger partial charge in [0.2, 0.25) is 0 Å². The van der Waals surface area contributed by atoms with Gasteiger partial charge in [-0.25, -0.2) is 0 Å². The van der Waals surface area contributed by atoms with Gasteiger partial charge in [0.1, 0.15) is 0 Å². The van der Waals surface area contributed by atoms with Crippen LogP contribution in [-0.2, 0) is 0 Å². The average molecular weight is 291 g/mol. The lowest BCUT2D eigenvalue weighted by molar-refractivity contribution is 1.61. The molecule has 0 heterocycles. The lowest BCUT2D eigenvalue weighted by Crippen LogP contribution is -2.19. The summed E-state index contributed by atoms with van der Waals surface area (Å²) in [4.78, 5) is 12.7. The van der Waals surface area contributed by atoms with Crippen LogP contribution in [0.15, 0.2) is 65.5 Å². The molecule has 0 atom stereocenters. The summed E-state index contributed by atoms with van der Waals surface area (Å²) in [6.45, 7) is 0. The normalized spacial score (nSPS) is 12.5. The maximum absolute atomic E-state index is 12.7. The van der Waals surface area contributed by atoms with Gasteiger partial charge in [0.15, 0.2) is 5.43 Å². The van der Waals surface area contributed by atoms with Crippen LogP contribution in [0.1, 0.15) is 5.56 Å². The zero-order valence-electron chi connectivity index (χ0n) is 11.1. The standard InChI is InChI=1S/C19H11ClO/c20-14-9-7-12(8-10-14)11-17-15-5-1-3-13-4-2-6-16(18(13)15)19(17)21/h1-11H. The molecule has 0 spiro atoms. The van der Waals surface area contributed by atoms with E-state index in [-0.39, 0.29) is 5.43 Å². The van der Waals surface area contributed by atoms with Crippen molar-refractivity contribution in [1.82, 2.24) is 0 Å². The van der Waals surface area contributed by atoms with Crippen LogP contribution in [-0.4, -0.2) is 0 Å². The van der Waals surface area contributed by atoms with Crippen molar-refractivity contribution in [3.8, 4) is 0 Å². The summed E-state index contributed by atoms with van der Waals surface area (Å²) in [5.41, 5.74) is 1.07. The number of rotatable bonds is 1. The Balaban J connectivity index is 2.14. The van der Waals surface area contributed by atoms with Crippen molar-refractivity contribution in [1.29, 1.82) is 0 Å². The van der Waals surface area contributed by atoms with E-state index in [2.05, 4.69) is 0 Å². The molecule has 0 bridgehead atoms. The highest BCUT2D eigenvalue weighted by Gasteiger charge is 2.10. The molecule has 4 aromatic rings. The lowest BCUT2D eigenvalue weighted by Gasteiger charge is -1.96. The topological polar surface area (TPSA) is 17.1 Å². The molecule has 0 amide bonds. The Kier molecular flexibility index (Phi) is 2.69. The van der Waals surface area contributed by atoms with Crippen LogP contribution in [0.5, 0.6) is 0 Å². The first kappa shape index (κ1) is 12.4. The van der Waals surface area contributed by atoms with Gasteiger partial charge >= 0.3 is 0 Å². The molecule has 1 nitrogen and oxygen atoms in total. The van der Waals surface area contributed by atoms with Gasteiger partial charge in [-0.1, -0.05) is 60.1 Å². The molecule has 0 aliphatic carbocycles. The Morgan fingerprint density at radius 1 is 0.810 bits per heavy atom. The molecule has 4 rings (SSSR count). The largest absolute Gasteiger partial charge is 0.289 e. The summed E-state index contributed by atoms with van der Waals surface area (Å²) < 4.78 is 0. The highest BCUT2D eigenvalue weighted by atomic mass is 35.5. The van der Waals surface area contributed by atoms with Gasteiger partial charge in [0.25, 0.3) is 0 Å². The van der Waals surface area contributed by atoms with Crippen LogP contribution in [0.3, 0.4) is 0 Å². The van der Waals surface area contributed by atoms with E-state index in [1.54, 1.807) is 0 Å². The number of halogens is 1. The number of hydrogen-bond acceptors (Lipinski definition) is 1. The van der Waals surface area contributed by atoms with E-state index in [1.165, 1.54) is 0 Å². The molecule has 2 heteroatoms. The summed E-state index contributed by atoms with van der Waals surface area (Å²) >= 11 is 5.91. The Morgan fingerprint density at radius 2 is 1.48 bits per heavy atom. The van der Waals surface area contributed by atoms with E-state index in [0.29, 0.717) is 5.02 Å². The first-order valence-corrected chi connectivity index (χ1v) is 7.16. The van der Waals surface area contributed by atoms with Crippen LogP contribution in [0.25, 0.3) is 27.6 Å². The summed E-state index contributed by atoms with van der Waals surface area (Å²) in [7, 11) is 0. The van der Waals surface area contributed by atoms with Gasteiger partial charge in [-0.15, -0.1) is 0 Å². The van der Waals surface area contributed by atoms with Crippen LogP contribution in [0.2, 0.25) is 5.02 Å². The van der Waals surface area contributed by atoms with Crippen molar-refractivity contribution in [2.24, 2.45) is 0 Å². The molecule has 0 unspecified atom stereocenters. The molecule has 0 N–H and O–H groups in total. The van der Waals surface area contributed by atoms with Crippen molar-refractivity contribution >= 4 is 39.2 Å². The predicted molar refractivity (Wildman–Crippen MR) is 89.1 cm³/mol. The molecular weight excluding hydrogens is 280 g/mol. The number of benzene rings is 3. The molecule has 4 aromatic carbocycles. The van der Waals surface area contributed by atoms with E-state index in [1.807, 2.05) is 66.7 Å². The second kappa shape index (κ2) is 4.57. The first-order chi connectivity index (χ1) is 10.2. The van der Waals surface area contributed by atoms with Gasteiger partial charge in [-0.2, -0.15) is 0 Å². The van der Waals surface area contributed by atoms with E-state index >= 15 is 0 Å². The third kappa shape index (κ3) is 1.90. The first-order valence-electron chi connectivity index (χ1n) is 6.78. The fourth-order valence-corrected chi connectivity index (χ4v) is 3.02. The SMILES string of the molecule is O=c1c(=Cc2ccc(Cl)cc2)c2cccc3cccc1c32. The van der Waals surface area contributed by atoms with Crippen molar-refractivity contribution in [2.45, 2.75) is 0 Å². The van der Waals surface area contributed by atoms with Gasteiger partial charge in [0.05, 0.1) is 0 Å². The lowest BCUT2D eigenvalue weighted by atomic mass is 10.1. The second-order valence-electron chi connectivity index (χ2n) is 5.15. The molecule has 100 valence electrons. The van der Waals surface area contributed by atoms with Crippen LogP contribution in [0.4, 0.5) is 0 Å². The van der Waals surface area contributed by atoms with E-state index in [9.17, 15) is 4.79 Å². The van der Waals surface area contributed by atoms with E-state index in [4.69, 9.17) is 11.6 Å². The molecule has 0 aliphatic heterocycles. The average Bonchev–Trinajstić information content (AvgIpc) is 2.78. The Hall–Kier alpha value is -2.38. The monoisotopic (exact) mass is 290 g/mol. The molecule has 0 aliphatic rings. The Morgan fingerprint density at radius 3 is 2.19 bits per heavy atom. The summed E-state index contributed by atoms with van der Waals surface area (Å²) in [5, 5.41) is 5.43. The quantitative estimate of drug-likeness (QED) is 0.518.